The molecule has 1 saturated heterocycles. The lowest BCUT2D eigenvalue weighted by Crippen LogP contribution is -2.65. The summed E-state index contributed by atoms with van der Waals surface area (Å²) in [6.45, 7) is 7.00. The van der Waals surface area contributed by atoms with Crippen molar-refractivity contribution in [3.63, 3.8) is 0 Å². The van der Waals surface area contributed by atoms with Crippen LogP contribution >= 0.6 is 11.6 Å². The lowest BCUT2D eigenvalue weighted by molar-refractivity contribution is -0.199. The van der Waals surface area contributed by atoms with Crippen LogP contribution in [0, 0.1) is 17.3 Å². The Morgan fingerprint density at radius 2 is 2.05 bits per heavy atom. The van der Waals surface area contributed by atoms with E-state index >= 15 is 0 Å². The third-order valence-corrected chi connectivity index (χ3v) is 6.51. The zero-order valence-electron chi connectivity index (χ0n) is 12.9. The zero-order valence-corrected chi connectivity index (χ0v) is 13.7. The Bertz CT molecular complexity index is 381. The average molecular weight is 300 g/mol. The molecule has 3 nitrogen and oxygen atoms in total. The van der Waals surface area contributed by atoms with Crippen LogP contribution in [-0.2, 0) is 9.31 Å². The standard InChI is InChI=1S/C15H27BClNO2/c1-14(2)10-8-11(14)15(3)12(9-10)19-16(20-15)13(18)6-4-5-7-17/h10-13H,4-9,18H2,1-3H3. The van der Waals surface area contributed by atoms with Crippen molar-refractivity contribution < 1.29 is 9.31 Å². The fourth-order valence-electron chi connectivity index (χ4n) is 4.69. The molecule has 114 valence electrons. The smallest absolute Gasteiger partial charge is 0.404 e. The van der Waals surface area contributed by atoms with Gasteiger partial charge in [-0.15, -0.1) is 11.6 Å². The number of alkyl halides is 1. The van der Waals surface area contributed by atoms with Gasteiger partial charge in [0, 0.05) is 11.8 Å². The molecule has 5 heteroatoms. The second-order valence-electron chi connectivity index (χ2n) is 7.69. The Labute approximate surface area is 128 Å². The minimum absolute atomic E-state index is 0.0269. The Hall–Kier alpha value is 0.235. The van der Waals surface area contributed by atoms with Gasteiger partial charge in [-0.05, 0) is 49.9 Å². The van der Waals surface area contributed by atoms with Crippen molar-refractivity contribution >= 4 is 18.7 Å². The quantitative estimate of drug-likeness (QED) is 0.482. The Kier molecular flexibility index (Phi) is 3.90. The van der Waals surface area contributed by atoms with Gasteiger partial charge in [0.05, 0.1) is 11.7 Å². The van der Waals surface area contributed by atoms with E-state index in [9.17, 15) is 0 Å². The molecular weight excluding hydrogens is 272 g/mol. The van der Waals surface area contributed by atoms with Gasteiger partial charge in [0.25, 0.3) is 0 Å². The zero-order chi connectivity index (χ0) is 14.5. The van der Waals surface area contributed by atoms with E-state index in [1.807, 2.05) is 0 Å². The maximum Gasteiger partial charge on any atom is 0.475 e. The summed E-state index contributed by atoms with van der Waals surface area (Å²) in [5.41, 5.74) is 6.53. The monoisotopic (exact) mass is 299 g/mol. The fourth-order valence-corrected chi connectivity index (χ4v) is 4.88. The van der Waals surface area contributed by atoms with Crippen LogP contribution in [-0.4, -0.2) is 30.6 Å². The van der Waals surface area contributed by atoms with Crippen LogP contribution < -0.4 is 5.73 Å². The van der Waals surface area contributed by atoms with E-state index < -0.39 is 0 Å². The van der Waals surface area contributed by atoms with Crippen LogP contribution in [0.2, 0.25) is 0 Å². The first-order valence-electron chi connectivity index (χ1n) is 8.04. The SMILES string of the molecule is CC1(C)C2CC3OB(C(N)CCCCCl)OC3(C)C1C2. The molecular formula is C15H27BClNO2. The van der Waals surface area contributed by atoms with Crippen LogP contribution in [0.3, 0.4) is 0 Å². The van der Waals surface area contributed by atoms with E-state index in [0.29, 0.717) is 17.2 Å². The molecule has 2 bridgehead atoms. The van der Waals surface area contributed by atoms with Gasteiger partial charge in [0.2, 0.25) is 0 Å². The summed E-state index contributed by atoms with van der Waals surface area (Å²) in [6, 6.07) is 0. The van der Waals surface area contributed by atoms with E-state index in [1.165, 1.54) is 6.42 Å². The number of rotatable bonds is 5. The second kappa shape index (κ2) is 5.15. The molecule has 2 N–H and O–H groups in total. The molecule has 0 aromatic heterocycles. The largest absolute Gasteiger partial charge is 0.475 e. The molecule has 4 rings (SSSR count). The van der Waals surface area contributed by atoms with Crippen LogP contribution in [0.1, 0.15) is 52.9 Å². The highest BCUT2D eigenvalue weighted by Gasteiger charge is 2.68. The normalized spacial score (nSPS) is 43.0. The van der Waals surface area contributed by atoms with Crippen LogP contribution in [0.25, 0.3) is 0 Å². The molecule has 3 aliphatic carbocycles. The van der Waals surface area contributed by atoms with E-state index in [4.69, 9.17) is 26.6 Å². The van der Waals surface area contributed by atoms with E-state index in [0.717, 1.165) is 31.6 Å². The van der Waals surface area contributed by atoms with Gasteiger partial charge in [-0.1, -0.05) is 20.3 Å². The Morgan fingerprint density at radius 3 is 2.70 bits per heavy atom. The fraction of sp³-hybridized carbons (Fsp3) is 1.00. The van der Waals surface area contributed by atoms with Crippen molar-refractivity contribution in [2.45, 2.75) is 70.5 Å². The predicted molar refractivity (Wildman–Crippen MR) is 82.7 cm³/mol. The molecule has 4 aliphatic rings. The van der Waals surface area contributed by atoms with Crippen LogP contribution in [0.5, 0.6) is 0 Å². The average Bonchev–Trinajstić information content (AvgIpc) is 2.75. The molecule has 5 atom stereocenters. The third-order valence-electron chi connectivity index (χ3n) is 6.24. The number of halogens is 1. The molecule has 4 fully saturated rings. The molecule has 0 spiro atoms. The van der Waals surface area contributed by atoms with E-state index in [-0.39, 0.29) is 24.8 Å². The van der Waals surface area contributed by atoms with Gasteiger partial charge >= 0.3 is 7.12 Å². The summed E-state index contributed by atoms with van der Waals surface area (Å²) in [5.74, 6) is 2.08. The molecule has 0 aromatic rings. The first-order chi connectivity index (χ1) is 9.39. The minimum Gasteiger partial charge on any atom is -0.404 e. The maximum absolute atomic E-state index is 6.35. The number of nitrogens with two attached hydrogens (primary N) is 1. The molecule has 0 aromatic carbocycles. The lowest BCUT2D eigenvalue weighted by Gasteiger charge is -2.64. The summed E-state index contributed by atoms with van der Waals surface area (Å²) in [5, 5.41) is 0. The van der Waals surface area contributed by atoms with Crippen molar-refractivity contribution in [2.75, 3.05) is 5.88 Å². The first-order valence-corrected chi connectivity index (χ1v) is 8.58. The number of hydrogen-bond acceptors (Lipinski definition) is 3. The highest BCUT2D eigenvalue weighted by molar-refractivity contribution is 6.47. The minimum atomic E-state index is -0.226. The number of hydrogen-bond donors (Lipinski definition) is 1. The van der Waals surface area contributed by atoms with Crippen LogP contribution in [0.4, 0.5) is 0 Å². The van der Waals surface area contributed by atoms with E-state index in [1.54, 1.807) is 0 Å². The first kappa shape index (κ1) is 15.1. The van der Waals surface area contributed by atoms with Gasteiger partial charge < -0.3 is 15.0 Å². The number of unbranched alkanes of at least 4 members (excludes halogenated alkanes) is 1. The summed E-state index contributed by atoms with van der Waals surface area (Å²) in [4.78, 5) is 0. The topological polar surface area (TPSA) is 44.5 Å². The predicted octanol–water partition coefficient (Wildman–Crippen LogP) is 2.99. The lowest BCUT2D eigenvalue weighted by atomic mass is 9.43. The summed E-state index contributed by atoms with van der Waals surface area (Å²) < 4.78 is 12.5. The molecule has 3 saturated carbocycles. The second-order valence-corrected chi connectivity index (χ2v) is 8.06. The van der Waals surface area contributed by atoms with Crippen molar-refractivity contribution in [3.05, 3.63) is 0 Å². The Morgan fingerprint density at radius 1 is 1.30 bits per heavy atom. The van der Waals surface area contributed by atoms with Gasteiger partial charge in [-0.3, -0.25) is 0 Å². The Balaban J connectivity index is 1.64. The van der Waals surface area contributed by atoms with Crippen LogP contribution in [0.15, 0.2) is 0 Å². The summed E-state index contributed by atoms with van der Waals surface area (Å²) in [6.07, 6.45) is 5.65. The molecule has 0 radical (unpaired) electrons. The molecule has 0 amide bonds. The van der Waals surface area contributed by atoms with Crippen molar-refractivity contribution in [1.82, 2.24) is 0 Å². The van der Waals surface area contributed by atoms with E-state index in [2.05, 4.69) is 20.8 Å². The van der Waals surface area contributed by atoms with Crippen molar-refractivity contribution in [1.29, 1.82) is 0 Å². The van der Waals surface area contributed by atoms with Crippen molar-refractivity contribution in [2.24, 2.45) is 23.0 Å². The molecule has 20 heavy (non-hydrogen) atoms. The molecule has 5 unspecified atom stereocenters. The summed E-state index contributed by atoms with van der Waals surface area (Å²) >= 11 is 5.72. The highest BCUT2D eigenvalue weighted by atomic mass is 35.5. The highest BCUT2D eigenvalue weighted by Crippen LogP contribution is 2.65. The van der Waals surface area contributed by atoms with Crippen molar-refractivity contribution in [3.8, 4) is 0 Å². The van der Waals surface area contributed by atoms with Gasteiger partial charge in [-0.25, -0.2) is 0 Å². The van der Waals surface area contributed by atoms with Gasteiger partial charge in [-0.2, -0.15) is 0 Å². The van der Waals surface area contributed by atoms with Gasteiger partial charge in [0.15, 0.2) is 0 Å². The third kappa shape index (κ3) is 2.15. The molecule has 1 aliphatic heterocycles. The van der Waals surface area contributed by atoms with Gasteiger partial charge in [0.1, 0.15) is 0 Å². The maximum atomic E-state index is 6.35. The molecule has 1 heterocycles. The summed E-state index contributed by atoms with van der Waals surface area (Å²) in [7, 11) is -0.226.